The Morgan fingerprint density at radius 2 is 2.03 bits per heavy atom. The van der Waals surface area contributed by atoms with E-state index >= 15 is 0 Å². The number of benzene rings is 1. The largest absolute Gasteiger partial charge is 0.488 e. The van der Waals surface area contributed by atoms with E-state index < -0.39 is 22.2 Å². The molecule has 0 saturated heterocycles. The van der Waals surface area contributed by atoms with Crippen LogP contribution in [0, 0.1) is 5.92 Å². The summed E-state index contributed by atoms with van der Waals surface area (Å²) in [6.07, 6.45) is 2.22. The third-order valence-electron chi connectivity index (χ3n) is 6.39. The van der Waals surface area contributed by atoms with Crippen molar-refractivity contribution >= 4 is 27.6 Å². The zero-order valence-electron chi connectivity index (χ0n) is 22.7. The molecule has 210 valence electrons. The third kappa shape index (κ3) is 7.03. The number of anilines is 1. The molecule has 0 radical (unpaired) electrons. The van der Waals surface area contributed by atoms with Crippen molar-refractivity contribution in [1.29, 1.82) is 0 Å². The molecule has 3 atom stereocenters. The maximum absolute atomic E-state index is 13.3. The van der Waals surface area contributed by atoms with Gasteiger partial charge in [0.1, 0.15) is 11.9 Å². The highest BCUT2D eigenvalue weighted by molar-refractivity contribution is 7.89. The summed E-state index contributed by atoms with van der Waals surface area (Å²) in [5.41, 5.74) is 1.03. The van der Waals surface area contributed by atoms with Crippen LogP contribution in [0.1, 0.15) is 33.3 Å². The number of nitrogens with one attached hydrogen (secondary N) is 2. The Kier molecular flexibility index (Phi) is 9.39. The van der Waals surface area contributed by atoms with Gasteiger partial charge in [0, 0.05) is 50.0 Å². The molecule has 0 unspecified atom stereocenters. The number of hydrogen-bond acceptors (Lipinski definition) is 7. The fourth-order valence-corrected chi connectivity index (χ4v) is 5.33. The SMILES string of the molecule is CC(C)NC(=O)Nc1ccc2c(c1)CC(=O)N([C@@H](C)CO)C[C@H](C)[C@@H](CN(C)S(=O)(=O)c1cn(C)cn1)O2. The quantitative estimate of drug-likeness (QED) is 0.451. The highest BCUT2D eigenvalue weighted by atomic mass is 32.2. The van der Waals surface area contributed by atoms with Crippen LogP contribution in [0.15, 0.2) is 35.7 Å². The summed E-state index contributed by atoms with van der Waals surface area (Å²) in [5.74, 6) is -0.0656. The first-order valence-corrected chi connectivity index (χ1v) is 14.0. The van der Waals surface area contributed by atoms with Crippen molar-refractivity contribution in [3.05, 3.63) is 36.3 Å². The van der Waals surface area contributed by atoms with Gasteiger partial charge in [0.25, 0.3) is 10.0 Å². The Balaban J connectivity index is 1.95. The van der Waals surface area contributed by atoms with Gasteiger partial charge >= 0.3 is 6.03 Å². The van der Waals surface area contributed by atoms with Crippen molar-refractivity contribution in [3.8, 4) is 5.75 Å². The van der Waals surface area contributed by atoms with Gasteiger partial charge in [-0.3, -0.25) is 4.79 Å². The lowest BCUT2D eigenvalue weighted by molar-refractivity contribution is -0.134. The average molecular weight is 551 g/mol. The van der Waals surface area contributed by atoms with E-state index in [-0.39, 0.29) is 55.0 Å². The van der Waals surface area contributed by atoms with Gasteiger partial charge in [0.05, 0.1) is 31.9 Å². The van der Waals surface area contributed by atoms with Gasteiger partial charge in [-0.05, 0) is 39.0 Å². The van der Waals surface area contributed by atoms with E-state index in [0.29, 0.717) is 17.0 Å². The predicted molar refractivity (Wildman–Crippen MR) is 142 cm³/mol. The standard InChI is InChI=1S/C25H38N6O6S/c1-16(2)27-25(34)28-20-7-8-21-19(9-20)10-24(33)31(18(4)14-32)11-17(3)22(37-21)12-30(6)38(35,36)23-13-29(5)15-26-23/h7-9,13,15-18,22,32H,10-12,14H2,1-6H3,(H2,27,28,34)/t17-,18-,22+/m0/s1. The molecule has 38 heavy (non-hydrogen) atoms. The molecule has 3 N–H and O–H groups in total. The van der Waals surface area contributed by atoms with Gasteiger partial charge < -0.3 is 29.9 Å². The zero-order valence-corrected chi connectivity index (χ0v) is 23.5. The number of ether oxygens (including phenoxy) is 1. The molecule has 0 spiro atoms. The second-order valence-corrected chi connectivity index (χ2v) is 12.1. The smallest absolute Gasteiger partial charge is 0.319 e. The third-order valence-corrected chi connectivity index (χ3v) is 8.10. The molecule has 3 amide bonds. The molecule has 0 fully saturated rings. The minimum Gasteiger partial charge on any atom is -0.488 e. The first-order chi connectivity index (χ1) is 17.8. The van der Waals surface area contributed by atoms with E-state index in [9.17, 15) is 23.1 Å². The highest BCUT2D eigenvalue weighted by Gasteiger charge is 2.34. The number of nitrogens with zero attached hydrogens (tertiary/aromatic N) is 4. The van der Waals surface area contributed by atoms with E-state index in [0.717, 1.165) is 0 Å². The van der Waals surface area contributed by atoms with E-state index in [1.807, 2.05) is 20.8 Å². The van der Waals surface area contributed by atoms with E-state index in [1.165, 1.54) is 23.9 Å². The molecule has 1 aromatic carbocycles. The maximum atomic E-state index is 13.3. The summed E-state index contributed by atoms with van der Waals surface area (Å²) in [7, 11) is -0.722. The van der Waals surface area contributed by atoms with Gasteiger partial charge in [0.15, 0.2) is 5.03 Å². The Bertz CT molecular complexity index is 1250. The molecule has 0 aliphatic carbocycles. The molecule has 2 heterocycles. The Morgan fingerprint density at radius 3 is 2.63 bits per heavy atom. The van der Waals surface area contributed by atoms with E-state index in [1.54, 1.807) is 41.6 Å². The number of fused-ring (bicyclic) bond motifs is 1. The van der Waals surface area contributed by atoms with Crippen LogP contribution in [0.2, 0.25) is 0 Å². The van der Waals surface area contributed by atoms with Gasteiger partial charge in [-0.25, -0.2) is 18.2 Å². The Morgan fingerprint density at radius 1 is 1.32 bits per heavy atom. The van der Waals surface area contributed by atoms with Crippen LogP contribution >= 0.6 is 0 Å². The number of rotatable bonds is 8. The number of urea groups is 1. The maximum Gasteiger partial charge on any atom is 0.319 e. The second kappa shape index (κ2) is 12.1. The molecule has 1 aliphatic rings. The van der Waals surface area contributed by atoms with Crippen LogP contribution < -0.4 is 15.4 Å². The molecule has 1 aromatic heterocycles. The minimum atomic E-state index is -3.88. The van der Waals surface area contributed by atoms with Crippen molar-refractivity contribution < 1.29 is 27.9 Å². The average Bonchev–Trinajstić information content (AvgIpc) is 3.29. The Hall–Kier alpha value is -3.16. The number of carbonyl (C=O) groups excluding carboxylic acids is 2. The fourth-order valence-electron chi connectivity index (χ4n) is 4.19. The predicted octanol–water partition coefficient (Wildman–Crippen LogP) is 1.42. The Labute approximate surface area is 224 Å². The number of aliphatic hydroxyl groups is 1. The lowest BCUT2D eigenvalue weighted by Gasteiger charge is -2.33. The summed E-state index contributed by atoms with van der Waals surface area (Å²) < 4.78 is 35.4. The molecular weight excluding hydrogens is 512 g/mol. The van der Waals surface area contributed by atoms with Crippen LogP contribution in [0.25, 0.3) is 0 Å². The van der Waals surface area contributed by atoms with Gasteiger partial charge in [-0.2, -0.15) is 4.31 Å². The molecule has 0 saturated carbocycles. The fraction of sp³-hybridized carbons (Fsp3) is 0.560. The molecule has 0 bridgehead atoms. The van der Waals surface area contributed by atoms with Gasteiger partial charge in [-0.1, -0.05) is 6.92 Å². The van der Waals surface area contributed by atoms with Crippen molar-refractivity contribution in [2.75, 3.05) is 32.1 Å². The topological polar surface area (TPSA) is 146 Å². The number of carbonyl (C=O) groups is 2. The summed E-state index contributed by atoms with van der Waals surface area (Å²) in [6.45, 7) is 7.38. The number of sulfonamides is 1. The monoisotopic (exact) mass is 550 g/mol. The van der Waals surface area contributed by atoms with Crippen LogP contribution in [0.5, 0.6) is 5.75 Å². The molecular formula is C25H38N6O6S. The molecule has 3 rings (SSSR count). The number of imidazole rings is 1. The summed E-state index contributed by atoms with van der Waals surface area (Å²) in [5, 5.41) is 15.2. The van der Waals surface area contributed by atoms with Gasteiger partial charge in [0.2, 0.25) is 5.91 Å². The van der Waals surface area contributed by atoms with Crippen LogP contribution in [-0.4, -0.2) is 89.2 Å². The number of amides is 3. The molecule has 1 aliphatic heterocycles. The van der Waals surface area contributed by atoms with Crippen LogP contribution in [0.3, 0.4) is 0 Å². The second-order valence-electron chi connectivity index (χ2n) is 10.1. The molecule has 2 aromatic rings. The summed E-state index contributed by atoms with van der Waals surface area (Å²) in [4.78, 5) is 31.1. The number of aliphatic hydroxyl groups excluding tert-OH is 1. The lowest BCUT2D eigenvalue weighted by atomic mass is 10.0. The van der Waals surface area contributed by atoms with Crippen molar-refractivity contribution in [3.63, 3.8) is 0 Å². The minimum absolute atomic E-state index is 0.00580. The summed E-state index contributed by atoms with van der Waals surface area (Å²) >= 11 is 0. The normalized spacial score (nSPS) is 19.3. The lowest BCUT2D eigenvalue weighted by Crippen LogP contribution is -2.48. The van der Waals surface area contributed by atoms with Crippen molar-refractivity contribution in [2.45, 2.75) is 57.3 Å². The first kappa shape index (κ1) is 29.4. The van der Waals surface area contributed by atoms with E-state index in [4.69, 9.17) is 4.74 Å². The van der Waals surface area contributed by atoms with Crippen LogP contribution in [-0.2, 0) is 28.3 Å². The number of likely N-dealkylation sites (N-methyl/N-ethyl adjacent to an activating group) is 1. The van der Waals surface area contributed by atoms with Gasteiger partial charge in [-0.15, -0.1) is 0 Å². The number of hydrogen-bond donors (Lipinski definition) is 3. The van der Waals surface area contributed by atoms with Crippen molar-refractivity contribution in [1.82, 2.24) is 24.1 Å². The van der Waals surface area contributed by atoms with E-state index in [2.05, 4.69) is 15.6 Å². The molecule has 12 nitrogen and oxygen atoms in total. The first-order valence-electron chi connectivity index (χ1n) is 12.5. The summed E-state index contributed by atoms with van der Waals surface area (Å²) in [6, 6.07) is 4.15. The van der Waals surface area contributed by atoms with Crippen molar-refractivity contribution in [2.24, 2.45) is 13.0 Å². The van der Waals surface area contributed by atoms with Crippen LogP contribution in [0.4, 0.5) is 10.5 Å². The number of aryl methyl sites for hydroxylation is 1. The zero-order chi connectivity index (χ0) is 28.2. The molecule has 13 heteroatoms. The highest BCUT2D eigenvalue weighted by Crippen LogP contribution is 2.29. The number of aromatic nitrogens is 2.